The van der Waals surface area contributed by atoms with Gasteiger partial charge in [-0.25, -0.2) is 0 Å². The summed E-state index contributed by atoms with van der Waals surface area (Å²) in [7, 11) is 4.97. The normalized spacial score (nSPS) is 18.5. The van der Waals surface area contributed by atoms with Crippen LogP contribution in [0.15, 0.2) is 42.5 Å². The maximum absolute atomic E-state index is 12.5. The second-order valence-electron chi connectivity index (χ2n) is 7.62. The minimum Gasteiger partial charge on any atom is -0.497 e. The number of methoxy groups -OCH3 is 2. The van der Waals surface area contributed by atoms with E-state index in [2.05, 4.69) is 9.64 Å². The lowest BCUT2D eigenvalue weighted by Crippen LogP contribution is -2.63. The summed E-state index contributed by atoms with van der Waals surface area (Å²) in [6, 6.07) is 10.4. The van der Waals surface area contributed by atoms with E-state index in [1.165, 1.54) is 38.5 Å². The standard InChI is InChI=1S/C21H24F3NO4/c1-19(12-25(2)13-19)20(26,15-9-17(27-3)11-18(10-15)28-4)14-5-7-16(8-6-14)29-21(22,23)24/h5-11,26H,12-13H2,1-4H3/t20-/m0/s1. The van der Waals surface area contributed by atoms with Gasteiger partial charge in [0, 0.05) is 24.6 Å². The molecule has 1 aliphatic rings. The van der Waals surface area contributed by atoms with Crippen molar-refractivity contribution in [2.24, 2.45) is 5.41 Å². The topological polar surface area (TPSA) is 51.2 Å². The fraction of sp³-hybridized carbons (Fsp3) is 0.429. The third-order valence-electron chi connectivity index (χ3n) is 5.39. The van der Waals surface area contributed by atoms with Gasteiger partial charge < -0.3 is 24.2 Å². The molecule has 2 aromatic rings. The lowest BCUT2D eigenvalue weighted by atomic mass is 9.62. The Balaban J connectivity index is 2.11. The van der Waals surface area contributed by atoms with Gasteiger partial charge in [0.2, 0.25) is 0 Å². The quantitative estimate of drug-likeness (QED) is 0.784. The van der Waals surface area contributed by atoms with E-state index >= 15 is 0 Å². The summed E-state index contributed by atoms with van der Waals surface area (Å²) in [6.07, 6.45) is -4.78. The van der Waals surface area contributed by atoms with Crippen molar-refractivity contribution in [3.63, 3.8) is 0 Å². The summed E-state index contributed by atoms with van der Waals surface area (Å²) in [5.74, 6) is 0.667. The molecule has 2 aromatic carbocycles. The van der Waals surface area contributed by atoms with Gasteiger partial charge in [-0.05, 0) is 42.4 Å². The zero-order valence-electron chi connectivity index (χ0n) is 16.7. The van der Waals surface area contributed by atoms with Crippen molar-refractivity contribution in [3.05, 3.63) is 53.6 Å². The zero-order chi connectivity index (χ0) is 21.4. The Kier molecular flexibility index (Phi) is 5.44. The third-order valence-corrected chi connectivity index (χ3v) is 5.39. The number of ether oxygens (including phenoxy) is 3. The smallest absolute Gasteiger partial charge is 0.497 e. The van der Waals surface area contributed by atoms with Gasteiger partial charge in [0.15, 0.2) is 0 Å². The Bertz CT molecular complexity index is 841. The van der Waals surface area contributed by atoms with Crippen LogP contribution >= 0.6 is 0 Å². The molecule has 29 heavy (non-hydrogen) atoms. The lowest BCUT2D eigenvalue weighted by Gasteiger charge is -2.56. The predicted octanol–water partition coefficient (Wildman–Crippen LogP) is 3.79. The van der Waals surface area contributed by atoms with Crippen LogP contribution in [0, 0.1) is 5.41 Å². The largest absolute Gasteiger partial charge is 0.573 e. The number of aliphatic hydroxyl groups is 1. The van der Waals surface area contributed by atoms with Gasteiger partial charge in [-0.3, -0.25) is 0 Å². The van der Waals surface area contributed by atoms with Crippen molar-refractivity contribution in [1.29, 1.82) is 0 Å². The number of hydrogen-bond donors (Lipinski definition) is 1. The molecule has 0 radical (unpaired) electrons. The summed E-state index contributed by atoms with van der Waals surface area (Å²) < 4.78 is 52.1. The molecule has 158 valence electrons. The number of hydrogen-bond acceptors (Lipinski definition) is 5. The van der Waals surface area contributed by atoms with Crippen LogP contribution in [0.5, 0.6) is 17.2 Å². The SMILES string of the molecule is COc1cc(OC)cc([C@@](O)(c2ccc(OC(F)(F)F)cc2)C2(C)CN(C)C2)c1. The fourth-order valence-electron chi connectivity index (χ4n) is 4.15. The molecule has 0 saturated carbocycles. The molecule has 8 heteroatoms. The minimum absolute atomic E-state index is 0.345. The molecule has 3 rings (SSSR count). The summed E-state index contributed by atoms with van der Waals surface area (Å²) >= 11 is 0. The molecule has 0 aromatic heterocycles. The van der Waals surface area contributed by atoms with Crippen LogP contribution in [-0.2, 0) is 5.60 Å². The van der Waals surface area contributed by atoms with E-state index in [4.69, 9.17) is 9.47 Å². The number of likely N-dealkylation sites (tertiary alicyclic amines) is 1. The summed E-state index contributed by atoms with van der Waals surface area (Å²) in [5, 5.41) is 12.0. The van der Waals surface area contributed by atoms with Crippen LogP contribution in [-0.4, -0.2) is 50.7 Å². The number of nitrogens with zero attached hydrogens (tertiary/aromatic N) is 1. The van der Waals surface area contributed by atoms with Crippen molar-refractivity contribution in [3.8, 4) is 17.2 Å². The highest BCUT2D eigenvalue weighted by atomic mass is 19.4. The van der Waals surface area contributed by atoms with E-state index in [9.17, 15) is 18.3 Å². The van der Waals surface area contributed by atoms with E-state index in [0.717, 1.165) is 0 Å². The molecule has 0 amide bonds. The van der Waals surface area contributed by atoms with Crippen molar-refractivity contribution in [2.75, 3.05) is 34.4 Å². The summed E-state index contributed by atoms with van der Waals surface area (Å²) in [5.41, 5.74) is -1.07. The van der Waals surface area contributed by atoms with Gasteiger partial charge in [-0.2, -0.15) is 0 Å². The van der Waals surface area contributed by atoms with E-state index in [0.29, 0.717) is 35.7 Å². The fourth-order valence-corrected chi connectivity index (χ4v) is 4.15. The van der Waals surface area contributed by atoms with Gasteiger partial charge >= 0.3 is 6.36 Å². The number of rotatable bonds is 6. The van der Waals surface area contributed by atoms with Gasteiger partial charge in [-0.15, -0.1) is 13.2 Å². The molecule has 1 N–H and O–H groups in total. The maximum Gasteiger partial charge on any atom is 0.573 e. The average molecular weight is 411 g/mol. The van der Waals surface area contributed by atoms with E-state index < -0.39 is 17.4 Å². The molecule has 1 fully saturated rings. The van der Waals surface area contributed by atoms with E-state index in [1.54, 1.807) is 18.2 Å². The Morgan fingerprint density at radius 2 is 1.41 bits per heavy atom. The first-order chi connectivity index (χ1) is 13.5. The molecule has 0 spiro atoms. The Morgan fingerprint density at radius 1 is 0.897 bits per heavy atom. The third kappa shape index (κ3) is 4.00. The maximum atomic E-state index is 12.5. The predicted molar refractivity (Wildman–Crippen MR) is 101 cm³/mol. The molecule has 0 unspecified atom stereocenters. The first-order valence-corrected chi connectivity index (χ1v) is 9.01. The lowest BCUT2D eigenvalue weighted by molar-refractivity contribution is -0.274. The molecular formula is C21H24F3NO4. The second kappa shape index (κ2) is 7.42. The molecule has 0 bridgehead atoms. The van der Waals surface area contributed by atoms with E-state index in [-0.39, 0.29) is 5.75 Å². The van der Waals surface area contributed by atoms with Gasteiger partial charge in [-0.1, -0.05) is 19.1 Å². The average Bonchev–Trinajstić information content (AvgIpc) is 2.65. The number of alkyl halides is 3. The second-order valence-corrected chi connectivity index (χ2v) is 7.62. The Hall–Kier alpha value is -2.45. The van der Waals surface area contributed by atoms with E-state index in [1.807, 2.05) is 14.0 Å². The van der Waals surface area contributed by atoms with Gasteiger partial charge in [0.1, 0.15) is 22.8 Å². The van der Waals surface area contributed by atoms with Crippen LogP contribution < -0.4 is 14.2 Å². The van der Waals surface area contributed by atoms with Crippen LogP contribution in [0.2, 0.25) is 0 Å². The molecule has 5 nitrogen and oxygen atoms in total. The summed E-state index contributed by atoms with van der Waals surface area (Å²) in [6.45, 7) is 3.15. The Labute approximate surface area is 167 Å². The first-order valence-electron chi connectivity index (χ1n) is 9.01. The van der Waals surface area contributed by atoms with Crippen LogP contribution in [0.4, 0.5) is 13.2 Å². The highest BCUT2D eigenvalue weighted by Crippen LogP contribution is 2.51. The number of benzene rings is 2. The van der Waals surface area contributed by atoms with Crippen LogP contribution in [0.3, 0.4) is 0 Å². The highest BCUT2D eigenvalue weighted by Gasteiger charge is 2.55. The van der Waals surface area contributed by atoms with Crippen molar-refractivity contribution >= 4 is 0 Å². The van der Waals surface area contributed by atoms with Gasteiger partial charge in [0.25, 0.3) is 0 Å². The summed E-state index contributed by atoms with van der Waals surface area (Å²) in [4.78, 5) is 2.06. The molecule has 1 atom stereocenters. The monoisotopic (exact) mass is 411 g/mol. The van der Waals surface area contributed by atoms with Crippen molar-refractivity contribution in [2.45, 2.75) is 18.9 Å². The zero-order valence-corrected chi connectivity index (χ0v) is 16.7. The highest BCUT2D eigenvalue weighted by molar-refractivity contribution is 5.48. The Morgan fingerprint density at radius 3 is 1.83 bits per heavy atom. The molecule has 1 aliphatic heterocycles. The van der Waals surface area contributed by atoms with Crippen molar-refractivity contribution in [1.82, 2.24) is 4.90 Å². The molecule has 0 aliphatic carbocycles. The first kappa shape index (κ1) is 21.3. The molecular weight excluding hydrogens is 387 g/mol. The molecule has 1 saturated heterocycles. The van der Waals surface area contributed by atoms with Crippen LogP contribution in [0.25, 0.3) is 0 Å². The van der Waals surface area contributed by atoms with Gasteiger partial charge in [0.05, 0.1) is 14.2 Å². The minimum atomic E-state index is -4.78. The van der Waals surface area contributed by atoms with Crippen molar-refractivity contribution < 1.29 is 32.5 Å². The molecule has 1 heterocycles. The van der Waals surface area contributed by atoms with Crippen LogP contribution in [0.1, 0.15) is 18.1 Å². The number of halogens is 3.